The lowest BCUT2D eigenvalue weighted by Gasteiger charge is -2.24. The predicted molar refractivity (Wildman–Crippen MR) is 137 cm³/mol. The average Bonchev–Trinajstić information content (AvgIpc) is 3.39. The van der Waals surface area contributed by atoms with Crippen LogP contribution in [-0.2, 0) is 18.6 Å². The van der Waals surface area contributed by atoms with Gasteiger partial charge in [-0.25, -0.2) is 14.0 Å². The van der Waals surface area contributed by atoms with Gasteiger partial charge in [0.25, 0.3) is 7.52 Å². The molecule has 4 aromatic rings. The Morgan fingerprint density at radius 3 is 2.76 bits per heavy atom. The minimum absolute atomic E-state index is 0.0131. The van der Waals surface area contributed by atoms with Crippen LogP contribution in [0.15, 0.2) is 30.7 Å². The highest BCUT2D eigenvalue weighted by atomic mass is 31.2. The van der Waals surface area contributed by atoms with E-state index < -0.39 is 31.5 Å². The van der Waals surface area contributed by atoms with Crippen molar-refractivity contribution in [3.05, 3.63) is 47.8 Å². The summed E-state index contributed by atoms with van der Waals surface area (Å²) in [7, 11) is -2.30. The van der Waals surface area contributed by atoms with Crippen LogP contribution in [0.4, 0.5) is 4.39 Å². The number of carboxylic acids is 1. The Hall–Kier alpha value is -3.51. The molecule has 3 aromatic heterocycles. The standard InChI is InChI=1S/C24H29FN5O7P/c1-13-8-17-18(28-13)6-7-19(21(17)25)36-23-22-15(3)20(9-30(22)27-11-26-23)35-10-14(2)37-38(33,12-34-5)29-16(4)24(31)32/h6-9,11,14,16,28H,10,12H2,1-5H3,(H,29,33)(H,31,32). The van der Waals surface area contributed by atoms with Gasteiger partial charge in [0.1, 0.15) is 36.6 Å². The Bertz CT molecular complexity index is 1520. The summed E-state index contributed by atoms with van der Waals surface area (Å²) >= 11 is 0. The van der Waals surface area contributed by atoms with Crippen LogP contribution < -0.4 is 14.6 Å². The summed E-state index contributed by atoms with van der Waals surface area (Å²) in [5.74, 6) is -1.11. The molecule has 3 heterocycles. The summed E-state index contributed by atoms with van der Waals surface area (Å²) in [6, 6.07) is 3.85. The number of hydrogen-bond acceptors (Lipinski definition) is 8. The number of ether oxygens (including phenoxy) is 3. The number of aromatic amines is 1. The van der Waals surface area contributed by atoms with E-state index in [-0.39, 0.29) is 24.6 Å². The SMILES string of the molecule is COCP(=O)(NC(C)C(=O)O)OC(C)COc1cn2ncnc(Oc3ccc4[nH]c(C)cc4c3F)c2c1C. The number of aryl methyl sites for hydroxylation is 2. The molecule has 0 saturated carbocycles. The van der Waals surface area contributed by atoms with Crippen LogP contribution in [0.5, 0.6) is 17.4 Å². The van der Waals surface area contributed by atoms with Crippen molar-refractivity contribution in [2.45, 2.75) is 39.8 Å². The Kier molecular flexibility index (Phi) is 8.02. The van der Waals surface area contributed by atoms with Gasteiger partial charge in [-0.2, -0.15) is 10.1 Å². The molecule has 0 radical (unpaired) electrons. The molecule has 0 aliphatic heterocycles. The van der Waals surface area contributed by atoms with Crippen LogP contribution in [0.25, 0.3) is 16.4 Å². The summed E-state index contributed by atoms with van der Waals surface area (Å²) < 4.78 is 52.0. The number of nitrogens with one attached hydrogen (secondary N) is 2. The highest BCUT2D eigenvalue weighted by Gasteiger charge is 2.30. The molecule has 1 aromatic carbocycles. The number of halogens is 1. The number of carbonyl (C=O) groups is 1. The van der Waals surface area contributed by atoms with Crippen LogP contribution in [0.3, 0.4) is 0 Å². The van der Waals surface area contributed by atoms with Gasteiger partial charge in [0.15, 0.2) is 11.6 Å². The first-order valence-corrected chi connectivity index (χ1v) is 13.5. The topological polar surface area (TPSA) is 149 Å². The minimum atomic E-state index is -3.63. The number of methoxy groups -OCH3 is 1. The molecule has 0 saturated heterocycles. The van der Waals surface area contributed by atoms with E-state index in [1.807, 2.05) is 6.92 Å². The van der Waals surface area contributed by atoms with E-state index in [2.05, 4.69) is 20.2 Å². The molecule has 38 heavy (non-hydrogen) atoms. The maximum Gasteiger partial charge on any atom is 0.320 e. The Morgan fingerprint density at radius 2 is 2.05 bits per heavy atom. The first-order chi connectivity index (χ1) is 18.0. The van der Waals surface area contributed by atoms with E-state index in [1.54, 1.807) is 32.2 Å². The van der Waals surface area contributed by atoms with Gasteiger partial charge < -0.3 is 28.8 Å². The average molecular weight is 549 g/mol. The van der Waals surface area contributed by atoms with Gasteiger partial charge in [-0.15, -0.1) is 0 Å². The van der Waals surface area contributed by atoms with Crippen LogP contribution in [0.1, 0.15) is 25.1 Å². The fourth-order valence-corrected chi connectivity index (χ4v) is 5.82. The second-order valence-corrected chi connectivity index (χ2v) is 11.0. The number of benzene rings is 1. The molecule has 0 aliphatic carbocycles. The summed E-state index contributed by atoms with van der Waals surface area (Å²) in [4.78, 5) is 18.4. The molecule has 3 unspecified atom stereocenters. The molecule has 14 heteroatoms. The summed E-state index contributed by atoms with van der Waals surface area (Å²) in [6.45, 7) is 6.59. The molecule has 204 valence electrons. The number of aliphatic carboxylic acids is 1. The monoisotopic (exact) mass is 549 g/mol. The van der Waals surface area contributed by atoms with Crippen molar-refractivity contribution in [2.24, 2.45) is 0 Å². The van der Waals surface area contributed by atoms with E-state index >= 15 is 4.39 Å². The fraction of sp³-hybridized carbons (Fsp3) is 0.375. The number of H-pyrrole nitrogens is 1. The molecule has 0 spiro atoms. The van der Waals surface area contributed by atoms with Crippen LogP contribution in [-0.4, -0.2) is 62.9 Å². The van der Waals surface area contributed by atoms with Crippen molar-refractivity contribution >= 4 is 29.9 Å². The van der Waals surface area contributed by atoms with Crippen LogP contribution >= 0.6 is 7.52 Å². The minimum Gasteiger partial charge on any atom is -0.489 e. The quantitative estimate of drug-likeness (QED) is 0.217. The third kappa shape index (κ3) is 5.81. The molecule has 3 N–H and O–H groups in total. The molecule has 0 amide bonds. The second-order valence-electron chi connectivity index (χ2n) is 8.88. The maximum absolute atomic E-state index is 15.1. The summed E-state index contributed by atoms with van der Waals surface area (Å²) in [6.07, 6.45) is 1.88. The number of carboxylic acid groups (broad SMARTS) is 1. The number of fused-ring (bicyclic) bond motifs is 2. The van der Waals surface area contributed by atoms with Crippen molar-refractivity contribution < 1.29 is 37.6 Å². The van der Waals surface area contributed by atoms with E-state index in [0.29, 0.717) is 27.7 Å². The van der Waals surface area contributed by atoms with Crippen LogP contribution in [0.2, 0.25) is 0 Å². The number of nitrogens with zero attached hydrogens (tertiary/aromatic N) is 3. The molecule has 0 bridgehead atoms. The van der Waals surface area contributed by atoms with Crippen molar-refractivity contribution in [3.63, 3.8) is 0 Å². The maximum atomic E-state index is 15.1. The zero-order valence-corrected chi connectivity index (χ0v) is 22.4. The van der Waals surface area contributed by atoms with E-state index in [0.717, 1.165) is 5.69 Å². The van der Waals surface area contributed by atoms with E-state index in [9.17, 15) is 9.36 Å². The number of hydrogen-bond donors (Lipinski definition) is 3. The largest absolute Gasteiger partial charge is 0.489 e. The zero-order valence-electron chi connectivity index (χ0n) is 21.5. The first-order valence-electron chi connectivity index (χ1n) is 11.7. The second kappa shape index (κ2) is 11.1. The van der Waals surface area contributed by atoms with Crippen molar-refractivity contribution in [1.82, 2.24) is 24.7 Å². The lowest BCUT2D eigenvalue weighted by molar-refractivity contribution is -0.138. The highest BCUT2D eigenvalue weighted by Crippen LogP contribution is 2.44. The van der Waals surface area contributed by atoms with Crippen LogP contribution in [0, 0.1) is 19.7 Å². The normalized spacial score (nSPS) is 14.9. The molecule has 0 aliphatic rings. The molecule has 12 nitrogen and oxygen atoms in total. The van der Waals surface area contributed by atoms with Crippen molar-refractivity contribution in [3.8, 4) is 17.4 Å². The Morgan fingerprint density at radius 1 is 1.29 bits per heavy atom. The third-order valence-electron chi connectivity index (χ3n) is 5.67. The fourth-order valence-electron chi connectivity index (χ4n) is 3.94. The van der Waals surface area contributed by atoms with Crippen molar-refractivity contribution in [1.29, 1.82) is 0 Å². The first kappa shape index (κ1) is 27.5. The molecule has 0 fully saturated rings. The smallest absolute Gasteiger partial charge is 0.320 e. The van der Waals surface area contributed by atoms with Gasteiger partial charge in [-0.05, 0) is 45.9 Å². The number of aromatic nitrogens is 4. The van der Waals surface area contributed by atoms with Gasteiger partial charge in [-0.1, -0.05) is 0 Å². The predicted octanol–water partition coefficient (Wildman–Crippen LogP) is 4.40. The lowest BCUT2D eigenvalue weighted by Crippen LogP contribution is -2.34. The summed E-state index contributed by atoms with van der Waals surface area (Å²) in [5, 5.41) is 16.2. The van der Waals surface area contributed by atoms with Gasteiger partial charge in [0.2, 0.25) is 5.88 Å². The highest BCUT2D eigenvalue weighted by molar-refractivity contribution is 7.56. The zero-order chi connectivity index (χ0) is 27.6. The van der Waals surface area contributed by atoms with E-state index in [4.69, 9.17) is 23.8 Å². The van der Waals surface area contributed by atoms with Gasteiger partial charge >= 0.3 is 5.97 Å². The number of rotatable bonds is 12. The van der Waals surface area contributed by atoms with Gasteiger partial charge in [-0.3, -0.25) is 9.36 Å². The Labute approximate surface area is 217 Å². The van der Waals surface area contributed by atoms with Gasteiger partial charge in [0.05, 0.1) is 12.3 Å². The molecular formula is C24H29FN5O7P. The Balaban J connectivity index is 1.51. The van der Waals surface area contributed by atoms with E-state index in [1.165, 1.54) is 30.9 Å². The molecule has 4 rings (SSSR count). The lowest BCUT2D eigenvalue weighted by atomic mass is 10.2. The van der Waals surface area contributed by atoms with Crippen molar-refractivity contribution in [2.75, 3.05) is 20.1 Å². The van der Waals surface area contributed by atoms with Gasteiger partial charge in [0, 0.05) is 29.3 Å². The summed E-state index contributed by atoms with van der Waals surface area (Å²) in [5.41, 5.74) is 2.59. The third-order valence-corrected chi connectivity index (χ3v) is 7.75. The molecule has 3 atom stereocenters. The molecular weight excluding hydrogens is 520 g/mol.